The average molecular weight is 430 g/mol. The number of hydrogen-bond donors (Lipinski definition) is 2. The summed E-state index contributed by atoms with van der Waals surface area (Å²) in [5.41, 5.74) is 2.90. The molecule has 0 bridgehead atoms. The standard InChI is InChI=1S/C25H27N5O2/c1-16(2)14-27-25(31)19-8-4-5-9-21(19)29-24-20-13-18(32-3)10-11-22(20)28-23(30-24)17-7-6-12-26-15-17/h4-5,7-11,13,15-16H,6,12,14H2,1-3H3,(H,27,31)(H,28,29,30). The van der Waals surface area contributed by atoms with Gasteiger partial charge in [0.25, 0.3) is 5.91 Å². The van der Waals surface area contributed by atoms with Gasteiger partial charge in [0.1, 0.15) is 11.6 Å². The molecule has 32 heavy (non-hydrogen) atoms. The van der Waals surface area contributed by atoms with Crippen molar-refractivity contribution < 1.29 is 9.53 Å². The SMILES string of the molecule is COc1ccc2nc(C3=CCCN=C3)nc(Nc3ccccc3C(=O)NCC(C)C)c2c1. The van der Waals surface area contributed by atoms with Crippen LogP contribution >= 0.6 is 0 Å². The third-order valence-electron chi connectivity index (χ3n) is 5.11. The van der Waals surface area contributed by atoms with Gasteiger partial charge in [-0.05, 0) is 42.7 Å². The summed E-state index contributed by atoms with van der Waals surface area (Å²) >= 11 is 0. The lowest BCUT2D eigenvalue weighted by Gasteiger charge is -2.16. The number of hydrogen-bond acceptors (Lipinski definition) is 6. The van der Waals surface area contributed by atoms with Crippen LogP contribution in [0.1, 0.15) is 36.5 Å². The molecule has 0 spiro atoms. The number of benzene rings is 2. The van der Waals surface area contributed by atoms with Crippen LogP contribution in [-0.2, 0) is 0 Å². The van der Waals surface area contributed by atoms with E-state index in [0.29, 0.717) is 41.1 Å². The highest BCUT2D eigenvalue weighted by molar-refractivity contribution is 6.10. The van der Waals surface area contributed by atoms with E-state index in [-0.39, 0.29) is 5.91 Å². The molecule has 1 aliphatic heterocycles. The molecule has 0 saturated carbocycles. The molecule has 7 heteroatoms. The van der Waals surface area contributed by atoms with Crippen molar-refractivity contribution >= 4 is 40.1 Å². The van der Waals surface area contributed by atoms with Crippen LogP contribution in [-0.4, -0.2) is 42.3 Å². The van der Waals surface area contributed by atoms with Gasteiger partial charge in [-0.25, -0.2) is 9.97 Å². The molecule has 7 nitrogen and oxygen atoms in total. The molecule has 2 N–H and O–H groups in total. The summed E-state index contributed by atoms with van der Waals surface area (Å²) in [5, 5.41) is 7.17. The van der Waals surface area contributed by atoms with Crippen molar-refractivity contribution in [2.24, 2.45) is 10.9 Å². The minimum atomic E-state index is -0.125. The van der Waals surface area contributed by atoms with E-state index in [1.54, 1.807) is 13.2 Å². The number of para-hydroxylation sites is 1. The fourth-order valence-corrected chi connectivity index (χ4v) is 3.43. The molecule has 0 fully saturated rings. The zero-order valence-corrected chi connectivity index (χ0v) is 18.6. The summed E-state index contributed by atoms with van der Waals surface area (Å²) in [6.07, 6.45) is 4.76. The molecule has 0 radical (unpaired) electrons. The first-order chi connectivity index (χ1) is 15.5. The van der Waals surface area contributed by atoms with Gasteiger partial charge < -0.3 is 15.4 Å². The molecule has 0 atom stereocenters. The van der Waals surface area contributed by atoms with Gasteiger partial charge in [0, 0.05) is 30.3 Å². The van der Waals surface area contributed by atoms with Gasteiger partial charge in [-0.3, -0.25) is 9.79 Å². The molecule has 3 aromatic rings. The number of nitrogens with one attached hydrogen (secondary N) is 2. The van der Waals surface area contributed by atoms with Gasteiger partial charge in [-0.15, -0.1) is 0 Å². The number of aliphatic imine (C=N–C) groups is 1. The Balaban J connectivity index is 1.77. The van der Waals surface area contributed by atoms with Crippen molar-refractivity contribution in [1.29, 1.82) is 0 Å². The number of aromatic nitrogens is 2. The number of methoxy groups -OCH3 is 1. The van der Waals surface area contributed by atoms with Crippen LogP contribution in [0, 0.1) is 5.92 Å². The van der Waals surface area contributed by atoms with E-state index in [0.717, 1.165) is 29.4 Å². The van der Waals surface area contributed by atoms with Gasteiger partial charge in [0.2, 0.25) is 0 Å². The summed E-state index contributed by atoms with van der Waals surface area (Å²) in [4.78, 5) is 26.7. The number of rotatable bonds is 7. The third kappa shape index (κ3) is 4.77. The second kappa shape index (κ2) is 9.60. The van der Waals surface area contributed by atoms with Gasteiger partial charge in [-0.2, -0.15) is 0 Å². The number of fused-ring (bicyclic) bond motifs is 1. The van der Waals surface area contributed by atoms with Crippen LogP contribution in [0.2, 0.25) is 0 Å². The van der Waals surface area contributed by atoms with Crippen molar-refractivity contribution in [1.82, 2.24) is 15.3 Å². The lowest BCUT2D eigenvalue weighted by Crippen LogP contribution is -2.27. The van der Waals surface area contributed by atoms with E-state index in [9.17, 15) is 4.79 Å². The highest BCUT2D eigenvalue weighted by Gasteiger charge is 2.16. The number of carbonyl (C=O) groups excluding carboxylic acids is 1. The number of amides is 1. The van der Waals surface area contributed by atoms with Gasteiger partial charge in [-0.1, -0.05) is 32.1 Å². The molecule has 0 unspecified atom stereocenters. The molecule has 1 aliphatic rings. The van der Waals surface area contributed by atoms with E-state index < -0.39 is 0 Å². The predicted molar refractivity (Wildman–Crippen MR) is 129 cm³/mol. The van der Waals surface area contributed by atoms with Gasteiger partial charge >= 0.3 is 0 Å². The molecule has 1 amide bonds. The minimum Gasteiger partial charge on any atom is -0.497 e. The smallest absolute Gasteiger partial charge is 0.253 e. The van der Waals surface area contributed by atoms with Crippen LogP contribution in [0.3, 0.4) is 0 Å². The first kappa shape index (κ1) is 21.5. The summed E-state index contributed by atoms with van der Waals surface area (Å²) in [7, 11) is 1.63. The highest BCUT2D eigenvalue weighted by atomic mass is 16.5. The quantitative estimate of drug-likeness (QED) is 0.572. The van der Waals surface area contributed by atoms with E-state index in [1.165, 1.54) is 0 Å². The fraction of sp³-hybridized carbons (Fsp3) is 0.280. The molecular formula is C25H27N5O2. The Labute approximate surface area is 187 Å². The minimum absolute atomic E-state index is 0.125. The number of allylic oxidation sites excluding steroid dienone is 1. The Bertz CT molecular complexity index is 1200. The Morgan fingerprint density at radius 3 is 2.75 bits per heavy atom. The molecule has 164 valence electrons. The number of dihydropyridines is 1. The number of anilines is 2. The topological polar surface area (TPSA) is 88.5 Å². The lowest BCUT2D eigenvalue weighted by molar-refractivity contribution is 0.0950. The summed E-state index contributed by atoms with van der Waals surface area (Å²) in [6, 6.07) is 13.1. The predicted octanol–water partition coefficient (Wildman–Crippen LogP) is 4.63. The highest BCUT2D eigenvalue weighted by Crippen LogP contribution is 2.30. The van der Waals surface area contributed by atoms with Crippen LogP contribution in [0.5, 0.6) is 5.75 Å². The van der Waals surface area contributed by atoms with Crippen LogP contribution in [0.25, 0.3) is 16.5 Å². The van der Waals surface area contributed by atoms with Crippen LogP contribution in [0.4, 0.5) is 11.5 Å². The Kier molecular flexibility index (Phi) is 6.44. The second-order valence-electron chi connectivity index (χ2n) is 8.04. The third-order valence-corrected chi connectivity index (χ3v) is 5.11. The normalized spacial score (nSPS) is 13.2. The molecule has 2 heterocycles. The van der Waals surface area contributed by atoms with Crippen molar-refractivity contribution in [3.05, 3.63) is 59.9 Å². The maximum Gasteiger partial charge on any atom is 0.253 e. The largest absolute Gasteiger partial charge is 0.497 e. The monoisotopic (exact) mass is 429 g/mol. The van der Waals surface area contributed by atoms with Crippen molar-refractivity contribution in [2.45, 2.75) is 20.3 Å². The number of nitrogens with zero attached hydrogens (tertiary/aromatic N) is 3. The van der Waals surface area contributed by atoms with E-state index in [4.69, 9.17) is 14.7 Å². The fourth-order valence-electron chi connectivity index (χ4n) is 3.43. The number of carbonyl (C=O) groups is 1. The van der Waals surface area contributed by atoms with Gasteiger partial charge in [0.05, 0.1) is 23.9 Å². The van der Waals surface area contributed by atoms with Gasteiger partial charge in [0.15, 0.2) is 5.82 Å². The molecule has 0 saturated heterocycles. The van der Waals surface area contributed by atoms with Crippen LogP contribution in [0.15, 0.2) is 53.5 Å². The van der Waals surface area contributed by atoms with Crippen molar-refractivity contribution in [3.63, 3.8) is 0 Å². The van der Waals surface area contributed by atoms with E-state index >= 15 is 0 Å². The summed E-state index contributed by atoms with van der Waals surface area (Å²) in [6.45, 7) is 5.52. The molecule has 1 aromatic heterocycles. The zero-order valence-electron chi connectivity index (χ0n) is 18.6. The Morgan fingerprint density at radius 1 is 1.16 bits per heavy atom. The summed E-state index contributed by atoms with van der Waals surface area (Å²) in [5.74, 6) is 2.15. The van der Waals surface area contributed by atoms with E-state index in [1.807, 2.05) is 42.6 Å². The maximum absolute atomic E-state index is 12.8. The van der Waals surface area contributed by atoms with E-state index in [2.05, 4.69) is 35.5 Å². The molecule has 4 rings (SSSR count). The molecular weight excluding hydrogens is 402 g/mol. The van der Waals surface area contributed by atoms with Crippen molar-refractivity contribution in [3.8, 4) is 5.75 Å². The number of ether oxygens (including phenoxy) is 1. The first-order valence-electron chi connectivity index (χ1n) is 10.8. The molecule has 0 aliphatic carbocycles. The van der Waals surface area contributed by atoms with Crippen LogP contribution < -0.4 is 15.4 Å². The Hall–Kier alpha value is -3.74. The lowest BCUT2D eigenvalue weighted by atomic mass is 10.1. The second-order valence-corrected chi connectivity index (χ2v) is 8.04. The summed E-state index contributed by atoms with van der Waals surface area (Å²) < 4.78 is 5.41. The van der Waals surface area contributed by atoms with Crippen molar-refractivity contribution in [2.75, 3.05) is 25.5 Å². The average Bonchev–Trinajstić information content (AvgIpc) is 2.83. The zero-order chi connectivity index (χ0) is 22.5. The Morgan fingerprint density at radius 2 is 2.00 bits per heavy atom. The first-order valence-corrected chi connectivity index (χ1v) is 10.8. The maximum atomic E-state index is 12.8. The molecule has 2 aromatic carbocycles.